The molecule has 6 heteroatoms. The standard InChI is InChI=1S/C28H37N5S/c1-7-31(8-2)22-12-14-23(15-13-22)33-20(5)17-24(21(33)6)27-26(25-11-9-10-16-29-25)30-28(34)32(27)18-19(3)4/h9-17,19,26-27H,7-8,18H2,1-6H3,(H,30,34)/t26-,27-/m1/s1. The summed E-state index contributed by atoms with van der Waals surface area (Å²) in [5.74, 6) is 0.501. The van der Waals surface area contributed by atoms with Crippen LogP contribution in [0, 0.1) is 19.8 Å². The van der Waals surface area contributed by atoms with Gasteiger partial charge in [0.25, 0.3) is 0 Å². The van der Waals surface area contributed by atoms with Crippen molar-refractivity contribution in [2.24, 2.45) is 5.92 Å². The summed E-state index contributed by atoms with van der Waals surface area (Å²) in [6.07, 6.45) is 1.86. The van der Waals surface area contributed by atoms with E-state index >= 15 is 0 Å². The number of thiocarbonyl (C=S) groups is 1. The molecule has 0 amide bonds. The van der Waals surface area contributed by atoms with Crippen LogP contribution in [0.4, 0.5) is 5.69 Å². The van der Waals surface area contributed by atoms with E-state index in [4.69, 9.17) is 12.2 Å². The molecule has 0 unspecified atom stereocenters. The predicted octanol–water partition coefficient (Wildman–Crippen LogP) is 5.96. The van der Waals surface area contributed by atoms with Crippen LogP contribution in [0.25, 0.3) is 5.69 Å². The zero-order valence-electron chi connectivity index (χ0n) is 21.2. The van der Waals surface area contributed by atoms with Crippen LogP contribution in [0.1, 0.15) is 62.4 Å². The van der Waals surface area contributed by atoms with Gasteiger partial charge >= 0.3 is 0 Å². The van der Waals surface area contributed by atoms with E-state index in [1.54, 1.807) is 0 Å². The van der Waals surface area contributed by atoms with Crippen LogP contribution >= 0.6 is 12.2 Å². The number of hydrogen-bond acceptors (Lipinski definition) is 3. The van der Waals surface area contributed by atoms with Crippen molar-refractivity contribution < 1.29 is 0 Å². The molecule has 4 rings (SSSR count). The molecule has 0 spiro atoms. The van der Waals surface area contributed by atoms with Crippen molar-refractivity contribution in [3.8, 4) is 5.69 Å². The average molecular weight is 476 g/mol. The Morgan fingerprint density at radius 2 is 1.76 bits per heavy atom. The second-order valence-electron chi connectivity index (χ2n) is 9.52. The molecule has 1 aliphatic rings. The summed E-state index contributed by atoms with van der Waals surface area (Å²) in [7, 11) is 0. The Balaban J connectivity index is 1.76. The van der Waals surface area contributed by atoms with Crippen LogP contribution in [0.2, 0.25) is 0 Å². The van der Waals surface area contributed by atoms with E-state index in [2.05, 4.69) is 109 Å². The lowest BCUT2D eigenvalue weighted by atomic mass is 9.96. The fraction of sp³-hybridized carbons (Fsp3) is 0.429. The maximum absolute atomic E-state index is 5.83. The summed E-state index contributed by atoms with van der Waals surface area (Å²) in [4.78, 5) is 9.41. The summed E-state index contributed by atoms with van der Waals surface area (Å²) in [5.41, 5.74) is 7.25. The van der Waals surface area contributed by atoms with E-state index in [1.807, 2.05) is 12.3 Å². The summed E-state index contributed by atoms with van der Waals surface area (Å²) >= 11 is 5.83. The highest BCUT2D eigenvalue weighted by molar-refractivity contribution is 7.80. The largest absolute Gasteiger partial charge is 0.372 e. The number of nitrogens with one attached hydrogen (secondary N) is 1. The summed E-state index contributed by atoms with van der Waals surface area (Å²) < 4.78 is 2.37. The molecule has 0 bridgehead atoms. The number of anilines is 1. The second-order valence-corrected chi connectivity index (χ2v) is 9.91. The maximum Gasteiger partial charge on any atom is 0.170 e. The van der Waals surface area contributed by atoms with E-state index in [1.165, 1.54) is 28.3 Å². The Labute approximate surface area is 209 Å². The van der Waals surface area contributed by atoms with Crippen LogP contribution < -0.4 is 10.2 Å². The Bertz CT molecular complexity index is 1120. The predicted molar refractivity (Wildman–Crippen MR) is 146 cm³/mol. The van der Waals surface area contributed by atoms with Gasteiger partial charge < -0.3 is 19.7 Å². The Kier molecular flexibility index (Phi) is 7.27. The minimum absolute atomic E-state index is 0.0199. The van der Waals surface area contributed by atoms with Crippen molar-refractivity contribution in [1.82, 2.24) is 19.8 Å². The van der Waals surface area contributed by atoms with Gasteiger partial charge in [-0.05, 0) is 93.9 Å². The topological polar surface area (TPSA) is 36.3 Å². The van der Waals surface area contributed by atoms with E-state index in [9.17, 15) is 0 Å². The summed E-state index contributed by atoms with van der Waals surface area (Å²) in [6.45, 7) is 16.2. The third kappa shape index (κ3) is 4.56. The van der Waals surface area contributed by atoms with Crippen LogP contribution in [0.15, 0.2) is 54.7 Å². The first-order valence-corrected chi connectivity index (χ1v) is 12.8. The lowest BCUT2D eigenvalue weighted by Crippen LogP contribution is -2.33. The maximum atomic E-state index is 5.83. The van der Waals surface area contributed by atoms with Gasteiger partial charge in [-0.3, -0.25) is 4.98 Å². The third-order valence-corrected chi connectivity index (χ3v) is 7.14. The Morgan fingerprint density at radius 1 is 1.06 bits per heavy atom. The first-order valence-electron chi connectivity index (χ1n) is 12.4. The molecule has 180 valence electrons. The Morgan fingerprint density at radius 3 is 2.35 bits per heavy atom. The zero-order chi connectivity index (χ0) is 24.4. The van der Waals surface area contributed by atoms with Gasteiger partial charge in [-0.25, -0.2) is 0 Å². The Hall–Kier alpha value is -2.86. The third-order valence-electron chi connectivity index (χ3n) is 6.79. The lowest BCUT2D eigenvalue weighted by molar-refractivity contribution is 0.287. The number of nitrogens with zero attached hydrogens (tertiary/aromatic N) is 4. The number of rotatable bonds is 8. The molecule has 34 heavy (non-hydrogen) atoms. The van der Waals surface area contributed by atoms with Gasteiger partial charge in [-0.2, -0.15) is 0 Å². The van der Waals surface area contributed by atoms with E-state index in [-0.39, 0.29) is 12.1 Å². The van der Waals surface area contributed by atoms with Gasteiger partial charge in [0.05, 0.1) is 17.8 Å². The van der Waals surface area contributed by atoms with Crippen molar-refractivity contribution in [1.29, 1.82) is 0 Å². The fourth-order valence-corrected chi connectivity index (χ4v) is 5.53. The van der Waals surface area contributed by atoms with Gasteiger partial charge in [0, 0.05) is 48.6 Å². The summed E-state index contributed by atoms with van der Waals surface area (Å²) in [5, 5.41) is 4.39. The summed E-state index contributed by atoms with van der Waals surface area (Å²) in [6, 6.07) is 17.5. The average Bonchev–Trinajstić information content (AvgIpc) is 3.30. The molecule has 0 radical (unpaired) electrons. The van der Waals surface area contributed by atoms with E-state index < -0.39 is 0 Å². The number of benzene rings is 1. The monoisotopic (exact) mass is 475 g/mol. The quantitative estimate of drug-likeness (QED) is 0.407. The molecule has 0 aliphatic carbocycles. The molecule has 1 N–H and O–H groups in total. The number of aromatic nitrogens is 2. The van der Waals surface area contributed by atoms with Gasteiger partial charge in [-0.15, -0.1) is 0 Å². The van der Waals surface area contributed by atoms with Crippen LogP contribution in [-0.4, -0.2) is 39.2 Å². The first kappa shape index (κ1) is 24.3. The van der Waals surface area contributed by atoms with Crippen molar-refractivity contribution in [2.45, 2.75) is 53.6 Å². The minimum atomic E-state index is 0.0199. The molecular weight excluding hydrogens is 438 g/mol. The molecule has 1 aromatic carbocycles. The molecule has 1 fully saturated rings. The zero-order valence-corrected chi connectivity index (χ0v) is 22.1. The van der Waals surface area contributed by atoms with Crippen molar-refractivity contribution in [2.75, 3.05) is 24.5 Å². The molecule has 2 atom stereocenters. The lowest BCUT2D eigenvalue weighted by Gasteiger charge is -2.29. The SMILES string of the molecule is CCN(CC)c1ccc(-n2c(C)cc([C@@H]3[C@@H](c4ccccn4)NC(=S)N3CC(C)C)c2C)cc1. The molecule has 0 saturated carbocycles. The molecule has 3 aromatic rings. The first-order chi connectivity index (χ1) is 16.3. The normalized spacial score (nSPS) is 18.0. The molecule has 3 heterocycles. The van der Waals surface area contributed by atoms with Gasteiger partial charge in [-0.1, -0.05) is 19.9 Å². The number of hydrogen-bond donors (Lipinski definition) is 1. The van der Waals surface area contributed by atoms with Crippen molar-refractivity contribution in [3.05, 3.63) is 77.4 Å². The molecular formula is C28H37N5S. The second kappa shape index (κ2) is 10.2. The van der Waals surface area contributed by atoms with Crippen LogP contribution in [0.5, 0.6) is 0 Å². The van der Waals surface area contributed by atoms with E-state index in [0.29, 0.717) is 5.92 Å². The molecule has 5 nitrogen and oxygen atoms in total. The minimum Gasteiger partial charge on any atom is -0.372 e. The van der Waals surface area contributed by atoms with Gasteiger partial charge in [0.1, 0.15) is 0 Å². The highest BCUT2D eigenvalue weighted by atomic mass is 32.1. The van der Waals surface area contributed by atoms with Crippen molar-refractivity contribution in [3.63, 3.8) is 0 Å². The molecule has 2 aromatic heterocycles. The number of pyridine rings is 1. The van der Waals surface area contributed by atoms with E-state index in [0.717, 1.165) is 30.4 Å². The van der Waals surface area contributed by atoms with Crippen LogP contribution in [-0.2, 0) is 0 Å². The molecule has 1 aliphatic heterocycles. The van der Waals surface area contributed by atoms with Gasteiger partial charge in [0.2, 0.25) is 0 Å². The smallest absolute Gasteiger partial charge is 0.170 e. The number of aryl methyl sites for hydroxylation is 1. The van der Waals surface area contributed by atoms with Gasteiger partial charge in [0.15, 0.2) is 5.11 Å². The van der Waals surface area contributed by atoms with Crippen molar-refractivity contribution >= 4 is 23.0 Å². The molecule has 1 saturated heterocycles. The fourth-order valence-electron chi connectivity index (χ4n) is 5.22. The highest BCUT2D eigenvalue weighted by Gasteiger charge is 2.41. The highest BCUT2D eigenvalue weighted by Crippen LogP contribution is 2.41. The van der Waals surface area contributed by atoms with Crippen LogP contribution in [0.3, 0.4) is 0 Å².